The Hall–Kier alpha value is -1.12. The number of aromatic nitrogens is 2. The summed E-state index contributed by atoms with van der Waals surface area (Å²) >= 11 is 0. The Morgan fingerprint density at radius 2 is 1.76 bits per heavy atom. The molecule has 0 aromatic carbocycles. The molecular formula is C14H23N3. The van der Waals surface area contributed by atoms with E-state index < -0.39 is 0 Å². The van der Waals surface area contributed by atoms with Gasteiger partial charge in [0.05, 0.1) is 0 Å². The van der Waals surface area contributed by atoms with Crippen LogP contribution in [0.2, 0.25) is 0 Å². The van der Waals surface area contributed by atoms with Gasteiger partial charge in [0.1, 0.15) is 11.6 Å². The van der Waals surface area contributed by atoms with Crippen LogP contribution in [-0.2, 0) is 6.42 Å². The van der Waals surface area contributed by atoms with Gasteiger partial charge in [0.15, 0.2) is 0 Å². The molecule has 1 saturated carbocycles. The molecule has 1 N–H and O–H groups in total. The van der Waals surface area contributed by atoms with E-state index in [9.17, 15) is 0 Å². The van der Waals surface area contributed by atoms with Gasteiger partial charge in [-0.15, -0.1) is 0 Å². The minimum Gasteiger partial charge on any atom is -0.366 e. The maximum atomic E-state index is 4.47. The summed E-state index contributed by atoms with van der Waals surface area (Å²) < 4.78 is 0. The Labute approximate surface area is 104 Å². The average Bonchev–Trinajstić information content (AvgIpc) is 2.60. The molecule has 0 bridgehead atoms. The highest BCUT2D eigenvalue weighted by molar-refractivity contribution is 5.42. The smallest absolute Gasteiger partial charge is 0.130 e. The van der Waals surface area contributed by atoms with Crippen LogP contribution in [-0.4, -0.2) is 16.0 Å². The van der Waals surface area contributed by atoms with Gasteiger partial charge in [-0.25, -0.2) is 9.97 Å². The lowest BCUT2D eigenvalue weighted by molar-refractivity contribution is 0.457. The molecule has 0 atom stereocenters. The lowest BCUT2D eigenvalue weighted by Gasteiger charge is -2.09. The Balaban J connectivity index is 2.18. The highest BCUT2D eigenvalue weighted by Gasteiger charge is 2.65. The van der Waals surface area contributed by atoms with Crippen LogP contribution in [0.5, 0.6) is 0 Å². The first-order valence-corrected chi connectivity index (χ1v) is 6.40. The van der Waals surface area contributed by atoms with Crippen LogP contribution in [0.25, 0.3) is 0 Å². The molecule has 1 aliphatic carbocycles. The first-order valence-electron chi connectivity index (χ1n) is 6.40. The minimum absolute atomic E-state index is 0.332. The number of nitrogens with zero attached hydrogens (tertiary/aromatic N) is 2. The number of hydrogen-bond donors (Lipinski definition) is 1. The third-order valence-electron chi connectivity index (χ3n) is 4.57. The van der Waals surface area contributed by atoms with Crippen molar-refractivity contribution < 1.29 is 0 Å². The zero-order valence-corrected chi connectivity index (χ0v) is 11.8. The van der Waals surface area contributed by atoms with E-state index in [-0.39, 0.29) is 0 Å². The number of rotatable bonds is 3. The molecule has 94 valence electrons. The van der Waals surface area contributed by atoms with Gasteiger partial charge >= 0.3 is 0 Å². The van der Waals surface area contributed by atoms with Crippen LogP contribution < -0.4 is 5.32 Å². The predicted molar refractivity (Wildman–Crippen MR) is 71.1 cm³/mol. The lowest BCUT2D eigenvalue weighted by Crippen LogP contribution is -2.12. The number of hydrogen-bond acceptors (Lipinski definition) is 3. The molecule has 1 heterocycles. The molecule has 0 spiro atoms. The quantitative estimate of drug-likeness (QED) is 0.871. The fraction of sp³-hybridized carbons (Fsp3) is 0.714. The van der Waals surface area contributed by atoms with Crippen molar-refractivity contribution in [2.45, 2.75) is 54.0 Å². The summed E-state index contributed by atoms with van der Waals surface area (Å²) in [6.45, 7) is 13.3. The molecule has 0 unspecified atom stereocenters. The molecule has 1 aromatic rings. The first kappa shape index (κ1) is 12.3. The molecule has 0 aliphatic heterocycles. The fourth-order valence-electron chi connectivity index (χ4n) is 2.59. The van der Waals surface area contributed by atoms with Gasteiger partial charge in [0.2, 0.25) is 0 Å². The van der Waals surface area contributed by atoms with E-state index in [1.165, 1.54) is 0 Å². The monoisotopic (exact) mass is 233 g/mol. The number of nitrogens with one attached hydrogen (secondary N) is 1. The molecule has 0 saturated heterocycles. The molecule has 3 heteroatoms. The van der Waals surface area contributed by atoms with Gasteiger partial charge in [-0.1, -0.05) is 34.6 Å². The normalized spacial score (nSPS) is 21.3. The van der Waals surface area contributed by atoms with Gasteiger partial charge in [-0.3, -0.25) is 0 Å². The predicted octanol–water partition coefficient (Wildman–Crippen LogP) is 3.19. The van der Waals surface area contributed by atoms with E-state index in [1.54, 1.807) is 0 Å². The third-order valence-corrected chi connectivity index (χ3v) is 4.57. The van der Waals surface area contributed by atoms with Gasteiger partial charge in [0.25, 0.3) is 0 Å². The van der Waals surface area contributed by atoms with Crippen molar-refractivity contribution >= 4 is 5.82 Å². The maximum Gasteiger partial charge on any atom is 0.130 e. The molecule has 0 amide bonds. The summed E-state index contributed by atoms with van der Waals surface area (Å²) in [5.74, 6) is 1.82. The number of aryl methyl sites for hydroxylation is 2. The molecule has 1 aliphatic rings. The zero-order chi connectivity index (χ0) is 12.8. The Morgan fingerprint density at radius 3 is 2.24 bits per heavy atom. The number of anilines is 1. The summed E-state index contributed by atoms with van der Waals surface area (Å²) in [5.41, 5.74) is 1.77. The van der Waals surface area contributed by atoms with Crippen LogP contribution >= 0.6 is 0 Å². The largest absolute Gasteiger partial charge is 0.366 e. The SMILES string of the molecule is CCc1cc(NC2C(C)(C)C2(C)C)nc(C)n1. The molecule has 1 fully saturated rings. The summed E-state index contributed by atoms with van der Waals surface area (Å²) in [6, 6.07) is 2.56. The zero-order valence-electron chi connectivity index (χ0n) is 11.8. The summed E-state index contributed by atoms with van der Waals surface area (Å²) in [5, 5.41) is 3.56. The van der Waals surface area contributed by atoms with E-state index >= 15 is 0 Å². The standard InChI is InChI=1S/C14H23N3/c1-7-10-8-11(16-9(2)15-10)17-12-13(3,4)14(12,5)6/h8,12H,7H2,1-6H3,(H,15,16,17). The second-order valence-corrected chi connectivity index (χ2v) is 6.17. The highest BCUT2D eigenvalue weighted by atomic mass is 15.1. The second kappa shape index (κ2) is 3.69. The molecular weight excluding hydrogens is 210 g/mol. The van der Waals surface area contributed by atoms with Crippen LogP contribution in [0, 0.1) is 17.8 Å². The fourth-order valence-corrected chi connectivity index (χ4v) is 2.59. The molecule has 1 aromatic heterocycles. The molecule has 2 rings (SSSR count). The molecule has 3 nitrogen and oxygen atoms in total. The maximum absolute atomic E-state index is 4.47. The van der Waals surface area contributed by atoms with E-state index in [4.69, 9.17) is 0 Å². The van der Waals surface area contributed by atoms with Crippen molar-refractivity contribution in [1.82, 2.24) is 9.97 Å². The first-order chi connectivity index (χ1) is 7.79. The Kier molecular flexibility index (Phi) is 2.68. The van der Waals surface area contributed by atoms with Crippen molar-refractivity contribution in [2.75, 3.05) is 5.32 Å². The summed E-state index contributed by atoms with van der Waals surface area (Å²) in [4.78, 5) is 8.87. The topological polar surface area (TPSA) is 37.8 Å². The third kappa shape index (κ3) is 1.92. The van der Waals surface area contributed by atoms with Crippen molar-refractivity contribution in [2.24, 2.45) is 10.8 Å². The van der Waals surface area contributed by atoms with Crippen LogP contribution in [0.1, 0.15) is 46.1 Å². The van der Waals surface area contributed by atoms with Crippen molar-refractivity contribution in [3.63, 3.8) is 0 Å². The minimum atomic E-state index is 0.332. The second-order valence-electron chi connectivity index (χ2n) is 6.17. The van der Waals surface area contributed by atoms with Crippen LogP contribution in [0.3, 0.4) is 0 Å². The van der Waals surface area contributed by atoms with Gasteiger partial charge < -0.3 is 5.32 Å². The van der Waals surface area contributed by atoms with E-state index in [0.717, 1.165) is 23.8 Å². The van der Waals surface area contributed by atoms with Crippen molar-refractivity contribution in [3.8, 4) is 0 Å². The van der Waals surface area contributed by atoms with Gasteiger partial charge in [-0.05, 0) is 24.2 Å². The molecule has 0 radical (unpaired) electrons. The molecule has 17 heavy (non-hydrogen) atoms. The Morgan fingerprint density at radius 1 is 1.18 bits per heavy atom. The average molecular weight is 233 g/mol. The van der Waals surface area contributed by atoms with E-state index in [1.807, 2.05) is 6.92 Å². The van der Waals surface area contributed by atoms with Crippen molar-refractivity contribution in [1.29, 1.82) is 0 Å². The van der Waals surface area contributed by atoms with E-state index in [0.29, 0.717) is 16.9 Å². The van der Waals surface area contributed by atoms with Gasteiger partial charge in [-0.2, -0.15) is 0 Å². The van der Waals surface area contributed by atoms with Crippen LogP contribution in [0.4, 0.5) is 5.82 Å². The van der Waals surface area contributed by atoms with Gasteiger partial charge in [0, 0.05) is 17.8 Å². The van der Waals surface area contributed by atoms with E-state index in [2.05, 4.69) is 56.0 Å². The van der Waals surface area contributed by atoms with Crippen molar-refractivity contribution in [3.05, 3.63) is 17.6 Å². The summed E-state index contributed by atoms with van der Waals surface area (Å²) in [7, 11) is 0. The van der Waals surface area contributed by atoms with Crippen LogP contribution in [0.15, 0.2) is 6.07 Å². The highest BCUT2D eigenvalue weighted by Crippen LogP contribution is 2.63. The summed E-state index contributed by atoms with van der Waals surface area (Å²) in [6.07, 6.45) is 0.954. The Bertz CT molecular complexity index is 421. The lowest BCUT2D eigenvalue weighted by atomic mass is 10.0.